The van der Waals surface area contributed by atoms with Crippen LogP contribution >= 0.6 is 0 Å². The summed E-state index contributed by atoms with van der Waals surface area (Å²) in [5.41, 5.74) is 0. The molecule has 0 saturated heterocycles. The summed E-state index contributed by atoms with van der Waals surface area (Å²) in [5.74, 6) is 6.59. The third-order valence-electron chi connectivity index (χ3n) is 7.03. The first-order valence-corrected chi connectivity index (χ1v) is 9.92. The monoisotopic (exact) mass is 294 g/mol. The van der Waals surface area contributed by atoms with Crippen molar-refractivity contribution >= 4 is 0 Å². The van der Waals surface area contributed by atoms with Gasteiger partial charge in [-0.05, 0) is 47.8 Å². The summed E-state index contributed by atoms with van der Waals surface area (Å²) in [6, 6.07) is 0. The molecule has 0 nitrogen and oxygen atoms in total. The van der Waals surface area contributed by atoms with E-state index in [1.807, 2.05) is 0 Å². The molecule has 0 aromatic heterocycles. The molecule has 21 heavy (non-hydrogen) atoms. The zero-order chi connectivity index (χ0) is 16.0. The lowest BCUT2D eigenvalue weighted by Gasteiger charge is -2.35. The zero-order valence-corrected chi connectivity index (χ0v) is 16.0. The largest absolute Gasteiger partial charge is 0.0654 e. The number of hydrogen-bond acceptors (Lipinski definition) is 0. The second-order valence-electron chi connectivity index (χ2n) is 8.42. The van der Waals surface area contributed by atoms with E-state index in [9.17, 15) is 0 Å². The van der Waals surface area contributed by atoms with Gasteiger partial charge >= 0.3 is 0 Å². The molecule has 0 heterocycles. The quantitative estimate of drug-likeness (QED) is 0.378. The first-order chi connectivity index (χ1) is 9.92. The minimum Gasteiger partial charge on any atom is -0.0654 e. The van der Waals surface area contributed by atoms with E-state index in [2.05, 4.69) is 48.5 Å². The van der Waals surface area contributed by atoms with Crippen molar-refractivity contribution in [2.45, 2.75) is 93.4 Å². The Morgan fingerprint density at radius 3 is 2.00 bits per heavy atom. The van der Waals surface area contributed by atoms with E-state index < -0.39 is 0 Å². The van der Waals surface area contributed by atoms with E-state index in [0.29, 0.717) is 0 Å². The third kappa shape index (κ3) is 5.95. The molecule has 0 heteroatoms. The van der Waals surface area contributed by atoms with Gasteiger partial charge in [0.2, 0.25) is 0 Å². The fraction of sp³-hybridized carbons (Fsp3) is 1.00. The molecule has 7 unspecified atom stereocenters. The minimum absolute atomic E-state index is 0.868. The summed E-state index contributed by atoms with van der Waals surface area (Å²) in [6.45, 7) is 17.1. The Bertz CT molecular complexity index is 269. The highest BCUT2D eigenvalue weighted by Crippen LogP contribution is 2.43. The molecule has 7 atom stereocenters. The van der Waals surface area contributed by atoms with Gasteiger partial charge in [0.1, 0.15) is 0 Å². The van der Waals surface area contributed by atoms with Crippen molar-refractivity contribution in [1.29, 1.82) is 0 Å². The lowest BCUT2D eigenvalue weighted by atomic mass is 9.71. The standard InChI is InChI=1S/C21H42/c1-8-11-20(12-10-13-21-14-16(21)4)19(7)18(6)17(5)15(3)9-2/h15-21H,8-14H2,1-7H3. The Kier molecular flexibility index (Phi) is 8.35. The molecule has 0 aromatic rings. The van der Waals surface area contributed by atoms with Crippen molar-refractivity contribution in [3.8, 4) is 0 Å². The van der Waals surface area contributed by atoms with Crippen molar-refractivity contribution in [2.24, 2.45) is 41.4 Å². The Balaban J connectivity index is 2.44. The molecule has 0 aromatic carbocycles. The normalized spacial score (nSPS) is 28.7. The predicted molar refractivity (Wildman–Crippen MR) is 96.5 cm³/mol. The minimum atomic E-state index is 0.868. The van der Waals surface area contributed by atoms with E-state index in [1.165, 1.54) is 44.9 Å². The number of hydrogen-bond donors (Lipinski definition) is 0. The van der Waals surface area contributed by atoms with Gasteiger partial charge in [0, 0.05) is 0 Å². The number of rotatable bonds is 11. The average Bonchev–Trinajstić information content (AvgIpc) is 3.18. The van der Waals surface area contributed by atoms with Crippen LogP contribution in [0.2, 0.25) is 0 Å². The van der Waals surface area contributed by atoms with Gasteiger partial charge in [-0.1, -0.05) is 87.0 Å². The molecule has 1 rings (SSSR count). The van der Waals surface area contributed by atoms with Gasteiger partial charge in [0.15, 0.2) is 0 Å². The van der Waals surface area contributed by atoms with Gasteiger partial charge in [-0.2, -0.15) is 0 Å². The maximum atomic E-state index is 2.55. The van der Waals surface area contributed by atoms with E-state index in [-0.39, 0.29) is 0 Å². The fourth-order valence-electron chi connectivity index (χ4n) is 4.28. The first kappa shape index (κ1) is 19.0. The highest BCUT2D eigenvalue weighted by Gasteiger charge is 2.32. The van der Waals surface area contributed by atoms with Crippen molar-refractivity contribution in [3.05, 3.63) is 0 Å². The molecule has 0 amide bonds. The summed E-state index contributed by atoms with van der Waals surface area (Å²) >= 11 is 0. The molecule has 1 aliphatic rings. The molecule has 0 N–H and O–H groups in total. The molecule has 1 aliphatic carbocycles. The van der Waals surface area contributed by atoms with Crippen LogP contribution in [0.25, 0.3) is 0 Å². The van der Waals surface area contributed by atoms with Crippen LogP contribution in [-0.4, -0.2) is 0 Å². The summed E-state index contributed by atoms with van der Waals surface area (Å²) in [7, 11) is 0. The SMILES string of the molecule is CCCC(CCCC1CC1C)C(C)C(C)C(C)C(C)CC. The lowest BCUT2D eigenvalue weighted by Crippen LogP contribution is -2.27. The van der Waals surface area contributed by atoms with Crippen molar-refractivity contribution in [3.63, 3.8) is 0 Å². The Hall–Kier alpha value is 0. The van der Waals surface area contributed by atoms with Crippen molar-refractivity contribution in [1.82, 2.24) is 0 Å². The van der Waals surface area contributed by atoms with Crippen LogP contribution in [0.4, 0.5) is 0 Å². The third-order valence-corrected chi connectivity index (χ3v) is 7.03. The maximum absolute atomic E-state index is 2.55. The van der Waals surface area contributed by atoms with Crippen LogP contribution in [0, 0.1) is 41.4 Å². The van der Waals surface area contributed by atoms with Gasteiger partial charge in [-0.15, -0.1) is 0 Å². The summed E-state index contributed by atoms with van der Waals surface area (Å²) in [4.78, 5) is 0. The predicted octanol–water partition coefficient (Wildman–Crippen LogP) is 7.18. The summed E-state index contributed by atoms with van der Waals surface area (Å²) in [5, 5.41) is 0. The molecule has 0 radical (unpaired) electrons. The fourth-order valence-corrected chi connectivity index (χ4v) is 4.28. The van der Waals surface area contributed by atoms with E-state index in [4.69, 9.17) is 0 Å². The van der Waals surface area contributed by atoms with Gasteiger partial charge in [-0.3, -0.25) is 0 Å². The molecule has 0 spiro atoms. The van der Waals surface area contributed by atoms with Crippen molar-refractivity contribution < 1.29 is 0 Å². The molecule has 0 aliphatic heterocycles. The molecular formula is C21H42. The second-order valence-corrected chi connectivity index (χ2v) is 8.42. The summed E-state index contributed by atoms with van der Waals surface area (Å²) in [6.07, 6.45) is 10.1. The van der Waals surface area contributed by atoms with Gasteiger partial charge in [0.25, 0.3) is 0 Å². The lowest BCUT2D eigenvalue weighted by molar-refractivity contribution is 0.145. The average molecular weight is 295 g/mol. The van der Waals surface area contributed by atoms with E-state index in [1.54, 1.807) is 0 Å². The van der Waals surface area contributed by atoms with Crippen LogP contribution in [0.3, 0.4) is 0 Å². The molecule has 1 saturated carbocycles. The van der Waals surface area contributed by atoms with Crippen LogP contribution in [0.1, 0.15) is 93.4 Å². The highest BCUT2D eigenvalue weighted by molar-refractivity contribution is 4.83. The molecular weight excluding hydrogens is 252 g/mol. The second kappa shape index (κ2) is 9.21. The summed E-state index contributed by atoms with van der Waals surface area (Å²) < 4.78 is 0. The van der Waals surface area contributed by atoms with Gasteiger partial charge < -0.3 is 0 Å². The van der Waals surface area contributed by atoms with E-state index >= 15 is 0 Å². The van der Waals surface area contributed by atoms with Crippen LogP contribution in [0.15, 0.2) is 0 Å². The first-order valence-electron chi connectivity index (χ1n) is 9.92. The van der Waals surface area contributed by atoms with Crippen LogP contribution in [0.5, 0.6) is 0 Å². The van der Waals surface area contributed by atoms with Crippen LogP contribution < -0.4 is 0 Å². The smallest absolute Gasteiger partial charge is 0.0386 e. The Labute approximate surface area is 135 Å². The zero-order valence-electron chi connectivity index (χ0n) is 16.0. The van der Waals surface area contributed by atoms with Gasteiger partial charge in [-0.25, -0.2) is 0 Å². The Morgan fingerprint density at radius 1 is 0.905 bits per heavy atom. The Morgan fingerprint density at radius 2 is 1.52 bits per heavy atom. The topological polar surface area (TPSA) is 0 Å². The molecule has 0 bridgehead atoms. The molecule has 126 valence electrons. The maximum Gasteiger partial charge on any atom is -0.0386 e. The van der Waals surface area contributed by atoms with Crippen LogP contribution in [-0.2, 0) is 0 Å². The van der Waals surface area contributed by atoms with Crippen molar-refractivity contribution in [2.75, 3.05) is 0 Å². The van der Waals surface area contributed by atoms with Gasteiger partial charge in [0.05, 0.1) is 0 Å². The molecule has 1 fully saturated rings. The van der Waals surface area contributed by atoms with E-state index in [0.717, 1.165) is 41.4 Å². The highest BCUT2D eigenvalue weighted by atomic mass is 14.4.